The summed E-state index contributed by atoms with van der Waals surface area (Å²) in [6.07, 6.45) is -1.24. The van der Waals surface area contributed by atoms with Gasteiger partial charge in [-0.3, -0.25) is 4.79 Å². The van der Waals surface area contributed by atoms with Crippen LogP contribution in [0.1, 0.15) is 21.5 Å². The van der Waals surface area contributed by atoms with E-state index in [9.17, 15) is 18.0 Å². The van der Waals surface area contributed by atoms with Crippen molar-refractivity contribution in [2.24, 2.45) is 0 Å². The summed E-state index contributed by atoms with van der Waals surface area (Å²) in [5.41, 5.74) is 0.494. The molecule has 0 aliphatic heterocycles. The molecule has 2 N–H and O–H groups in total. The van der Waals surface area contributed by atoms with Crippen LogP contribution in [-0.2, 0) is 6.18 Å². The van der Waals surface area contributed by atoms with Gasteiger partial charge in [-0.05, 0) is 42.5 Å². The summed E-state index contributed by atoms with van der Waals surface area (Å²) in [5.74, 6) is 5.30. The second-order valence-corrected chi connectivity index (χ2v) is 5.84. The first-order valence-electron chi connectivity index (χ1n) is 8.50. The molecule has 3 rings (SSSR count). The summed E-state index contributed by atoms with van der Waals surface area (Å²) in [5, 5.41) is 5.59. The van der Waals surface area contributed by atoms with Gasteiger partial charge in [0, 0.05) is 29.2 Å². The molecule has 0 saturated heterocycles. The molecule has 0 radical (unpaired) electrons. The van der Waals surface area contributed by atoms with Gasteiger partial charge in [0.15, 0.2) is 0 Å². The van der Waals surface area contributed by atoms with Gasteiger partial charge in [0.1, 0.15) is 0 Å². The minimum atomic E-state index is -4.42. The largest absolute Gasteiger partial charge is 0.416 e. The molecule has 0 atom stereocenters. The molecule has 8 heteroatoms. The van der Waals surface area contributed by atoms with E-state index in [1.54, 1.807) is 42.7 Å². The highest BCUT2D eigenvalue weighted by molar-refractivity contribution is 5.95. The lowest BCUT2D eigenvalue weighted by Gasteiger charge is -2.07. The zero-order valence-corrected chi connectivity index (χ0v) is 15.0. The third-order valence-corrected chi connectivity index (χ3v) is 3.71. The predicted octanol–water partition coefficient (Wildman–Crippen LogP) is 4.02. The number of carbonyl (C=O) groups is 1. The Morgan fingerprint density at radius 3 is 2.52 bits per heavy atom. The number of benzene rings is 2. The standard InChI is InChI=1S/C21H15F3N4O/c22-21(23,24)17-8-1-5-15(13-17)6-3-10-25-19(29)16-7-2-9-18(14-16)28-20-26-11-4-12-27-20/h1-2,4-5,7-9,11-14H,10H2,(H,25,29)(H,26,27,28). The lowest BCUT2D eigenvalue weighted by molar-refractivity contribution is -0.137. The summed E-state index contributed by atoms with van der Waals surface area (Å²) < 4.78 is 38.1. The van der Waals surface area contributed by atoms with Crippen LogP contribution in [0.2, 0.25) is 0 Å². The lowest BCUT2D eigenvalue weighted by atomic mass is 10.1. The van der Waals surface area contributed by atoms with Crippen LogP contribution >= 0.6 is 0 Å². The summed E-state index contributed by atoms with van der Waals surface area (Å²) in [7, 11) is 0. The van der Waals surface area contributed by atoms with E-state index in [0.29, 0.717) is 17.2 Å². The molecule has 1 aromatic heterocycles. The highest BCUT2D eigenvalue weighted by Crippen LogP contribution is 2.29. The Morgan fingerprint density at radius 1 is 1.00 bits per heavy atom. The summed E-state index contributed by atoms with van der Waals surface area (Å²) in [6.45, 7) is -0.00543. The predicted molar refractivity (Wildman–Crippen MR) is 102 cm³/mol. The first kappa shape index (κ1) is 19.9. The molecule has 0 bridgehead atoms. The monoisotopic (exact) mass is 396 g/mol. The first-order valence-corrected chi connectivity index (χ1v) is 8.50. The zero-order chi connectivity index (χ0) is 20.7. The van der Waals surface area contributed by atoms with Crippen molar-refractivity contribution in [2.75, 3.05) is 11.9 Å². The molecule has 0 spiro atoms. The highest BCUT2D eigenvalue weighted by Gasteiger charge is 2.30. The van der Waals surface area contributed by atoms with Gasteiger partial charge in [-0.2, -0.15) is 13.2 Å². The van der Waals surface area contributed by atoms with E-state index in [0.717, 1.165) is 12.1 Å². The van der Waals surface area contributed by atoms with Crippen LogP contribution in [-0.4, -0.2) is 22.4 Å². The maximum absolute atomic E-state index is 12.7. The molecule has 5 nitrogen and oxygen atoms in total. The van der Waals surface area contributed by atoms with Crippen molar-refractivity contribution in [1.82, 2.24) is 15.3 Å². The summed E-state index contributed by atoms with van der Waals surface area (Å²) >= 11 is 0. The van der Waals surface area contributed by atoms with Crippen molar-refractivity contribution in [3.63, 3.8) is 0 Å². The van der Waals surface area contributed by atoms with Gasteiger partial charge in [-0.25, -0.2) is 9.97 Å². The molecule has 0 fully saturated rings. The minimum Gasteiger partial charge on any atom is -0.341 e. The van der Waals surface area contributed by atoms with Crippen LogP contribution in [0.25, 0.3) is 0 Å². The number of carbonyl (C=O) groups excluding carboxylic acids is 1. The number of hydrogen-bond donors (Lipinski definition) is 2. The Morgan fingerprint density at radius 2 is 1.76 bits per heavy atom. The number of rotatable bonds is 4. The van der Waals surface area contributed by atoms with Crippen LogP contribution in [0.15, 0.2) is 67.0 Å². The number of hydrogen-bond acceptors (Lipinski definition) is 4. The smallest absolute Gasteiger partial charge is 0.341 e. The van der Waals surface area contributed by atoms with Crippen molar-refractivity contribution in [1.29, 1.82) is 0 Å². The molecule has 0 aliphatic rings. The number of amides is 1. The Hall–Kier alpha value is -3.86. The number of halogens is 3. The maximum Gasteiger partial charge on any atom is 0.416 e. The molecule has 1 amide bonds. The normalized spacial score (nSPS) is 10.6. The molecule has 1 heterocycles. The van der Waals surface area contributed by atoms with Gasteiger partial charge in [0.05, 0.1) is 12.1 Å². The first-order chi connectivity index (χ1) is 13.9. The van der Waals surface area contributed by atoms with E-state index in [4.69, 9.17) is 0 Å². The van der Waals surface area contributed by atoms with Crippen LogP contribution < -0.4 is 10.6 Å². The van der Waals surface area contributed by atoms with Gasteiger partial charge >= 0.3 is 6.18 Å². The fourth-order valence-electron chi connectivity index (χ4n) is 2.38. The van der Waals surface area contributed by atoms with Crippen molar-refractivity contribution in [3.05, 3.63) is 83.7 Å². The van der Waals surface area contributed by atoms with Gasteiger partial charge in [-0.1, -0.05) is 24.0 Å². The Bertz CT molecular complexity index is 1060. The van der Waals surface area contributed by atoms with Crippen molar-refractivity contribution in [2.45, 2.75) is 6.18 Å². The fraction of sp³-hybridized carbons (Fsp3) is 0.0952. The average molecular weight is 396 g/mol. The molecule has 29 heavy (non-hydrogen) atoms. The lowest BCUT2D eigenvalue weighted by Crippen LogP contribution is -2.23. The van der Waals surface area contributed by atoms with Gasteiger partial charge in [-0.15, -0.1) is 0 Å². The Balaban J connectivity index is 1.59. The second kappa shape index (κ2) is 8.89. The number of alkyl halides is 3. The Kier molecular flexibility index (Phi) is 6.09. The van der Waals surface area contributed by atoms with Gasteiger partial charge in [0.25, 0.3) is 5.91 Å². The molecule has 3 aromatic rings. The van der Waals surface area contributed by atoms with Crippen molar-refractivity contribution < 1.29 is 18.0 Å². The van der Waals surface area contributed by atoms with E-state index < -0.39 is 11.7 Å². The third-order valence-electron chi connectivity index (χ3n) is 3.71. The highest BCUT2D eigenvalue weighted by atomic mass is 19.4. The number of nitrogens with one attached hydrogen (secondary N) is 2. The van der Waals surface area contributed by atoms with E-state index >= 15 is 0 Å². The minimum absolute atomic E-state index is 0.00543. The molecule has 0 saturated carbocycles. The summed E-state index contributed by atoms with van der Waals surface area (Å²) in [6, 6.07) is 13.1. The number of anilines is 2. The average Bonchev–Trinajstić information content (AvgIpc) is 2.72. The molecule has 146 valence electrons. The molecule has 2 aromatic carbocycles. The van der Waals surface area contributed by atoms with E-state index in [1.165, 1.54) is 12.1 Å². The van der Waals surface area contributed by atoms with Crippen LogP contribution in [0, 0.1) is 11.8 Å². The second-order valence-electron chi connectivity index (χ2n) is 5.84. The fourth-order valence-corrected chi connectivity index (χ4v) is 2.38. The third kappa shape index (κ3) is 5.81. The quantitative estimate of drug-likeness (QED) is 0.654. The van der Waals surface area contributed by atoms with Crippen LogP contribution in [0.5, 0.6) is 0 Å². The molecule has 0 aliphatic carbocycles. The van der Waals surface area contributed by atoms with Crippen LogP contribution in [0.4, 0.5) is 24.8 Å². The molecular weight excluding hydrogens is 381 g/mol. The Labute approximate surface area is 165 Å². The maximum atomic E-state index is 12.7. The molecule has 0 unspecified atom stereocenters. The van der Waals surface area contributed by atoms with Crippen LogP contribution in [0.3, 0.4) is 0 Å². The molecular formula is C21H15F3N4O. The van der Waals surface area contributed by atoms with E-state index in [1.807, 2.05) is 0 Å². The topological polar surface area (TPSA) is 66.9 Å². The summed E-state index contributed by atoms with van der Waals surface area (Å²) in [4.78, 5) is 20.4. The van der Waals surface area contributed by atoms with Gasteiger partial charge in [0.2, 0.25) is 5.95 Å². The van der Waals surface area contributed by atoms with Crippen molar-refractivity contribution in [3.8, 4) is 11.8 Å². The SMILES string of the molecule is O=C(NCC#Cc1cccc(C(F)(F)F)c1)c1cccc(Nc2ncccn2)c1. The van der Waals surface area contributed by atoms with Crippen molar-refractivity contribution >= 4 is 17.5 Å². The van der Waals surface area contributed by atoms with E-state index in [2.05, 4.69) is 32.4 Å². The number of aromatic nitrogens is 2. The zero-order valence-electron chi connectivity index (χ0n) is 15.0. The van der Waals surface area contributed by atoms with Gasteiger partial charge < -0.3 is 10.6 Å². The number of nitrogens with zero attached hydrogens (tertiary/aromatic N) is 2. The van der Waals surface area contributed by atoms with E-state index in [-0.39, 0.29) is 18.0 Å².